The lowest BCUT2D eigenvalue weighted by atomic mass is 10.4. The van der Waals surface area contributed by atoms with E-state index in [0.29, 0.717) is 0 Å². The summed E-state index contributed by atoms with van der Waals surface area (Å²) in [6.45, 7) is 4.45. The highest BCUT2D eigenvalue weighted by molar-refractivity contribution is 5.53. The van der Waals surface area contributed by atoms with Gasteiger partial charge in [-0.15, -0.1) is 0 Å². The molecule has 0 unspecified atom stereocenters. The second kappa shape index (κ2) is 6.16. The van der Waals surface area contributed by atoms with Crippen molar-refractivity contribution in [3.8, 4) is 0 Å². The van der Waals surface area contributed by atoms with E-state index in [4.69, 9.17) is 15.0 Å². The Balaban J connectivity index is 0.000000310. The molecule has 0 radical (unpaired) electrons. The molecule has 0 amide bonds. The van der Waals surface area contributed by atoms with Gasteiger partial charge in [-0.3, -0.25) is 0 Å². The van der Waals surface area contributed by atoms with Crippen molar-refractivity contribution in [1.29, 1.82) is 0 Å². The summed E-state index contributed by atoms with van der Waals surface area (Å²) in [5, 5.41) is 13.9. The molecular formula is C8H16N2O3. The maximum Gasteiger partial charge on any atom is 0.503 e. The number of hydrogen-bond donors (Lipinski definition) is 2. The van der Waals surface area contributed by atoms with Gasteiger partial charge in [0.05, 0.1) is 6.67 Å². The average Bonchev–Trinajstić information content (AvgIpc) is 2.35. The molecule has 0 saturated carbocycles. The van der Waals surface area contributed by atoms with E-state index in [1.165, 1.54) is 13.0 Å². The first-order valence-corrected chi connectivity index (χ1v) is 4.10. The van der Waals surface area contributed by atoms with Gasteiger partial charge in [0.2, 0.25) is 0 Å². The number of rotatable bonds is 2. The SMILES string of the molecule is CCCN1C=CN(C)C1.O=C(O)O. The normalized spacial score (nSPS) is 14.0. The Morgan fingerprint density at radius 1 is 1.46 bits per heavy atom. The molecule has 1 rings (SSSR count). The van der Waals surface area contributed by atoms with Crippen molar-refractivity contribution >= 4 is 6.16 Å². The third kappa shape index (κ3) is 6.99. The van der Waals surface area contributed by atoms with E-state index in [9.17, 15) is 0 Å². The van der Waals surface area contributed by atoms with Gasteiger partial charge < -0.3 is 20.0 Å². The Kier molecular flexibility index (Phi) is 5.50. The van der Waals surface area contributed by atoms with Gasteiger partial charge in [0.15, 0.2) is 0 Å². The first-order valence-electron chi connectivity index (χ1n) is 4.10. The van der Waals surface area contributed by atoms with E-state index in [2.05, 4.69) is 36.2 Å². The fourth-order valence-corrected chi connectivity index (χ4v) is 1.02. The maximum atomic E-state index is 8.56. The van der Waals surface area contributed by atoms with Gasteiger partial charge in [-0.25, -0.2) is 4.79 Å². The molecule has 5 nitrogen and oxygen atoms in total. The highest BCUT2D eigenvalue weighted by Crippen LogP contribution is 2.02. The lowest BCUT2D eigenvalue weighted by Gasteiger charge is -2.16. The van der Waals surface area contributed by atoms with Crippen LogP contribution in [-0.4, -0.2) is 46.4 Å². The smallest absolute Gasteiger partial charge is 0.450 e. The topological polar surface area (TPSA) is 64.0 Å². The van der Waals surface area contributed by atoms with Gasteiger partial charge in [-0.05, 0) is 6.42 Å². The van der Waals surface area contributed by atoms with Gasteiger partial charge in [-0.1, -0.05) is 6.92 Å². The predicted octanol–water partition coefficient (Wildman–Crippen LogP) is 1.29. The number of hydrogen-bond acceptors (Lipinski definition) is 3. The van der Waals surface area contributed by atoms with Gasteiger partial charge >= 0.3 is 6.16 Å². The quantitative estimate of drug-likeness (QED) is 0.683. The molecule has 0 atom stereocenters. The van der Waals surface area contributed by atoms with Crippen LogP contribution in [0.2, 0.25) is 0 Å². The summed E-state index contributed by atoms with van der Waals surface area (Å²) in [5.74, 6) is 0. The van der Waals surface area contributed by atoms with Crippen molar-refractivity contribution in [2.75, 3.05) is 20.3 Å². The van der Waals surface area contributed by atoms with Crippen LogP contribution in [0, 0.1) is 0 Å². The number of carboxylic acid groups (broad SMARTS) is 2. The molecule has 76 valence electrons. The molecule has 5 heteroatoms. The highest BCUT2D eigenvalue weighted by Gasteiger charge is 2.04. The summed E-state index contributed by atoms with van der Waals surface area (Å²) in [6.07, 6.45) is 3.65. The largest absolute Gasteiger partial charge is 0.503 e. The van der Waals surface area contributed by atoms with Crippen LogP contribution in [0.15, 0.2) is 12.4 Å². The lowest BCUT2D eigenvalue weighted by molar-refractivity contribution is 0.137. The van der Waals surface area contributed by atoms with E-state index in [-0.39, 0.29) is 0 Å². The molecule has 0 aliphatic carbocycles. The Morgan fingerprint density at radius 3 is 2.31 bits per heavy atom. The molecule has 0 spiro atoms. The van der Waals surface area contributed by atoms with Crippen LogP contribution in [-0.2, 0) is 0 Å². The minimum atomic E-state index is -1.83. The van der Waals surface area contributed by atoms with Gasteiger partial charge in [0.25, 0.3) is 0 Å². The van der Waals surface area contributed by atoms with Gasteiger partial charge in [-0.2, -0.15) is 0 Å². The summed E-state index contributed by atoms with van der Waals surface area (Å²) in [6, 6.07) is 0. The minimum Gasteiger partial charge on any atom is -0.450 e. The summed E-state index contributed by atoms with van der Waals surface area (Å²) in [4.78, 5) is 13.0. The number of nitrogens with zero attached hydrogens (tertiary/aromatic N) is 2. The molecule has 13 heavy (non-hydrogen) atoms. The van der Waals surface area contributed by atoms with Crippen LogP contribution in [0.1, 0.15) is 13.3 Å². The third-order valence-electron chi connectivity index (χ3n) is 1.45. The fraction of sp³-hybridized carbons (Fsp3) is 0.625. The molecule has 0 aromatic rings. The van der Waals surface area contributed by atoms with E-state index in [1.54, 1.807) is 0 Å². The molecule has 0 aromatic heterocycles. The van der Waals surface area contributed by atoms with Gasteiger partial charge in [0.1, 0.15) is 0 Å². The molecule has 2 N–H and O–H groups in total. The van der Waals surface area contributed by atoms with Crippen LogP contribution in [0.4, 0.5) is 4.79 Å². The molecule has 1 aliphatic heterocycles. The lowest BCUT2D eigenvalue weighted by Crippen LogP contribution is -2.22. The molecule has 0 bridgehead atoms. The van der Waals surface area contributed by atoms with Gasteiger partial charge in [0, 0.05) is 26.0 Å². The van der Waals surface area contributed by atoms with Crippen molar-refractivity contribution in [1.82, 2.24) is 9.80 Å². The average molecular weight is 188 g/mol. The van der Waals surface area contributed by atoms with Crippen molar-refractivity contribution in [2.45, 2.75) is 13.3 Å². The maximum absolute atomic E-state index is 8.56. The van der Waals surface area contributed by atoms with Crippen LogP contribution in [0.25, 0.3) is 0 Å². The van der Waals surface area contributed by atoms with Crippen molar-refractivity contribution in [2.24, 2.45) is 0 Å². The van der Waals surface area contributed by atoms with Crippen molar-refractivity contribution in [3.63, 3.8) is 0 Å². The molecule has 1 heterocycles. The van der Waals surface area contributed by atoms with Crippen molar-refractivity contribution < 1.29 is 15.0 Å². The zero-order chi connectivity index (χ0) is 10.3. The first kappa shape index (κ1) is 11.6. The minimum absolute atomic E-state index is 1.06. The fourth-order valence-electron chi connectivity index (χ4n) is 1.02. The zero-order valence-electron chi connectivity index (χ0n) is 7.97. The molecule has 0 aromatic carbocycles. The van der Waals surface area contributed by atoms with E-state index in [1.807, 2.05) is 0 Å². The Bertz CT molecular complexity index is 178. The molecular weight excluding hydrogens is 172 g/mol. The Morgan fingerprint density at radius 2 is 2.00 bits per heavy atom. The van der Waals surface area contributed by atoms with E-state index < -0.39 is 6.16 Å². The Labute approximate surface area is 77.9 Å². The van der Waals surface area contributed by atoms with E-state index >= 15 is 0 Å². The van der Waals surface area contributed by atoms with Crippen LogP contribution >= 0.6 is 0 Å². The van der Waals surface area contributed by atoms with Crippen LogP contribution in [0.3, 0.4) is 0 Å². The molecule has 0 fully saturated rings. The summed E-state index contributed by atoms with van der Waals surface area (Å²) >= 11 is 0. The summed E-state index contributed by atoms with van der Waals surface area (Å²) in [5.41, 5.74) is 0. The second-order valence-electron chi connectivity index (χ2n) is 2.79. The second-order valence-corrected chi connectivity index (χ2v) is 2.79. The van der Waals surface area contributed by atoms with Crippen LogP contribution in [0.5, 0.6) is 0 Å². The highest BCUT2D eigenvalue weighted by atomic mass is 16.6. The first-order chi connectivity index (χ1) is 6.06. The molecule has 1 aliphatic rings. The monoisotopic (exact) mass is 188 g/mol. The Hall–Kier alpha value is -1.39. The zero-order valence-corrected chi connectivity index (χ0v) is 7.97. The third-order valence-corrected chi connectivity index (χ3v) is 1.45. The predicted molar refractivity (Wildman–Crippen MR) is 49.4 cm³/mol. The number of carbonyl (C=O) groups is 1. The van der Waals surface area contributed by atoms with Crippen molar-refractivity contribution in [3.05, 3.63) is 12.4 Å². The standard InChI is InChI=1S/C7H14N2.CH2O3/c1-3-4-9-6-5-8(2)7-9;2-1(3)4/h5-6H,3-4,7H2,1-2H3;(H2,2,3,4). The van der Waals surface area contributed by atoms with E-state index in [0.717, 1.165) is 6.67 Å². The van der Waals surface area contributed by atoms with Crippen LogP contribution < -0.4 is 0 Å². The summed E-state index contributed by atoms with van der Waals surface area (Å²) < 4.78 is 0. The summed E-state index contributed by atoms with van der Waals surface area (Å²) in [7, 11) is 2.09. The molecule has 0 saturated heterocycles.